The van der Waals surface area contributed by atoms with Crippen molar-refractivity contribution in [3.63, 3.8) is 0 Å². The van der Waals surface area contributed by atoms with Crippen molar-refractivity contribution in [3.05, 3.63) is 120 Å². The fourth-order valence-electron chi connectivity index (χ4n) is 11.8. The van der Waals surface area contributed by atoms with Crippen molar-refractivity contribution in [3.8, 4) is 46.1 Å². The zero-order valence-corrected chi connectivity index (χ0v) is 46.6. The van der Waals surface area contributed by atoms with Gasteiger partial charge in [-0.2, -0.15) is 20.3 Å². The van der Waals surface area contributed by atoms with Gasteiger partial charge in [0.25, 0.3) is 5.88 Å². The number of ether oxygens (including phenoxy) is 2. The minimum absolute atomic E-state index is 0.0388. The maximum Gasteiger partial charge on any atom is 0.319 e. The Labute approximate surface area is 474 Å². The average Bonchev–Trinajstić information content (AvgIpc) is 4.33. The molecule has 0 saturated carbocycles. The lowest BCUT2D eigenvalue weighted by atomic mass is 9.89. The van der Waals surface area contributed by atoms with E-state index >= 15 is 4.39 Å². The van der Waals surface area contributed by atoms with Crippen LogP contribution >= 0.6 is 11.6 Å². The number of hydrogen-bond donors (Lipinski definition) is 2. The first kappa shape index (κ1) is 56.4. The number of phenols is 1. The number of rotatable bonds is 19. The Balaban J connectivity index is 0.763. The van der Waals surface area contributed by atoms with Gasteiger partial charge in [0.05, 0.1) is 48.0 Å². The number of ketones is 1. The van der Waals surface area contributed by atoms with Crippen molar-refractivity contribution in [1.82, 2.24) is 39.6 Å². The number of aromatic hydroxyl groups is 1. The molecule has 4 aromatic carbocycles. The molecule has 3 aliphatic rings. The van der Waals surface area contributed by atoms with Crippen LogP contribution in [0.3, 0.4) is 0 Å². The zero-order chi connectivity index (χ0) is 57.1. The van der Waals surface area contributed by atoms with Crippen molar-refractivity contribution in [2.24, 2.45) is 18.9 Å². The number of β-amino-alcohol motifs (C(OH)–C–C–N with tert-alkyl or cyclic N) is 1. The number of aryl methyl sites for hydroxylation is 1. The minimum Gasteiger partial charge on any atom is -0.508 e. The van der Waals surface area contributed by atoms with Crippen LogP contribution in [-0.2, 0) is 21.4 Å². The van der Waals surface area contributed by atoms with Crippen molar-refractivity contribution in [2.75, 3.05) is 63.9 Å². The molecular weight excluding hydrogens is 1060 g/mol. The highest BCUT2D eigenvalue weighted by molar-refractivity contribution is 6.35. The molecule has 0 bridgehead atoms. The van der Waals surface area contributed by atoms with Crippen LogP contribution in [-0.4, -0.2) is 145 Å². The van der Waals surface area contributed by atoms with Gasteiger partial charge in [-0.15, -0.1) is 0 Å². The quantitative estimate of drug-likeness (QED) is 0.0722. The van der Waals surface area contributed by atoms with Gasteiger partial charge in [-0.25, -0.2) is 4.39 Å². The molecule has 3 fully saturated rings. The monoisotopic (exact) mass is 1120 g/mol. The number of carbonyl (C=O) groups excluding carboxylic acids is 3. The number of aliphatic hydroxyl groups excluding tert-OH is 1. The van der Waals surface area contributed by atoms with Gasteiger partial charge in [0, 0.05) is 75.8 Å². The maximum atomic E-state index is 17.3. The number of Topliss-reactive ketones (excluding diaryl/α,β-unsaturated/α-hetero) is 1. The summed E-state index contributed by atoms with van der Waals surface area (Å²) >= 11 is 6.96. The van der Waals surface area contributed by atoms with E-state index in [-0.39, 0.29) is 115 Å². The molecule has 422 valence electrons. The number of halogens is 2. The Kier molecular flexibility index (Phi) is 17.0. The molecule has 2 N–H and O–H groups in total. The smallest absolute Gasteiger partial charge is 0.319 e. The van der Waals surface area contributed by atoms with E-state index < -0.39 is 29.9 Å². The highest BCUT2D eigenvalue weighted by Crippen LogP contribution is 2.43. The first-order valence-corrected chi connectivity index (χ1v) is 28.0. The van der Waals surface area contributed by atoms with E-state index in [1.54, 1.807) is 29.3 Å². The number of benzene rings is 4. The summed E-state index contributed by atoms with van der Waals surface area (Å²) in [5.41, 5.74) is 3.42. The number of piperazine rings is 1. The topological polar surface area (TPSA) is 217 Å². The number of carbonyl (C=O) groups is 3. The van der Waals surface area contributed by atoms with Gasteiger partial charge in [-0.1, -0.05) is 87.5 Å². The molecule has 0 unspecified atom stereocenters. The van der Waals surface area contributed by atoms with E-state index in [1.165, 1.54) is 17.0 Å². The second-order valence-electron chi connectivity index (χ2n) is 21.8. The molecule has 3 saturated heterocycles. The zero-order valence-electron chi connectivity index (χ0n) is 45.9. The molecule has 10 rings (SSSR count). The number of fused-ring (bicyclic) bond motifs is 2. The molecule has 7 aromatic rings. The summed E-state index contributed by atoms with van der Waals surface area (Å²) in [5, 5.41) is 41.5. The SMILES string of the molecule is C=CC(=O)N1CCN(c2nc(OCCN3CCC(COc4cc([C@@H](C(=O)N5C[C@H](O)C[C@H]5C(=O)C[C@@H](C)c5ccc(-c6ccnn6C)cc5)C(C)C)on4)CC3)nc3c(F)c(-c4cc(O)cc5ccccc45)c(Cl)cc23)C[C@@H]1CC#N. The number of anilines is 1. The molecule has 0 aliphatic carbocycles. The van der Waals surface area contributed by atoms with Crippen molar-refractivity contribution >= 4 is 56.7 Å². The van der Waals surface area contributed by atoms with E-state index in [0.717, 1.165) is 42.8 Å². The van der Waals surface area contributed by atoms with E-state index in [2.05, 4.69) is 32.8 Å². The Morgan fingerprint density at radius 2 is 1.74 bits per heavy atom. The van der Waals surface area contributed by atoms with Crippen LogP contribution in [0.25, 0.3) is 44.1 Å². The number of phenolic OH excluding ortho intramolecular Hbond substituents is 1. The third-order valence-corrected chi connectivity index (χ3v) is 16.4. The second-order valence-corrected chi connectivity index (χ2v) is 22.3. The molecule has 0 radical (unpaired) electrons. The van der Waals surface area contributed by atoms with Crippen molar-refractivity contribution in [1.29, 1.82) is 5.26 Å². The fourth-order valence-corrected chi connectivity index (χ4v) is 12.0. The highest BCUT2D eigenvalue weighted by Gasteiger charge is 2.43. The van der Waals surface area contributed by atoms with Crippen LogP contribution in [0.15, 0.2) is 102 Å². The molecule has 6 heterocycles. The van der Waals surface area contributed by atoms with E-state index in [9.17, 15) is 29.9 Å². The molecule has 81 heavy (non-hydrogen) atoms. The summed E-state index contributed by atoms with van der Waals surface area (Å²) in [7, 11) is 1.89. The number of nitriles is 1. The Morgan fingerprint density at radius 1 is 0.963 bits per heavy atom. The van der Waals surface area contributed by atoms with Gasteiger partial charge in [-0.3, -0.25) is 24.0 Å². The summed E-state index contributed by atoms with van der Waals surface area (Å²) in [5.74, 6) is -1.39. The van der Waals surface area contributed by atoms with Crippen LogP contribution in [0.5, 0.6) is 17.6 Å². The molecule has 20 heteroatoms. The number of likely N-dealkylation sites (tertiary alicyclic amines) is 2. The van der Waals surface area contributed by atoms with Gasteiger partial charge in [0.15, 0.2) is 17.4 Å². The number of nitrogens with zero attached hydrogens (tertiary/aromatic N) is 10. The van der Waals surface area contributed by atoms with Gasteiger partial charge in [-0.05, 0) is 107 Å². The van der Waals surface area contributed by atoms with Crippen molar-refractivity contribution < 1.29 is 43.0 Å². The Morgan fingerprint density at radius 3 is 2.47 bits per heavy atom. The lowest BCUT2D eigenvalue weighted by Gasteiger charge is -2.41. The minimum atomic E-state index is -0.829. The third-order valence-electron chi connectivity index (χ3n) is 16.1. The maximum absolute atomic E-state index is 17.3. The second kappa shape index (κ2) is 24.4. The number of amides is 2. The van der Waals surface area contributed by atoms with Crippen LogP contribution < -0.4 is 14.4 Å². The predicted molar refractivity (Wildman–Crippen MR) is 304 cm³/mol. The fraction of sp³-hybridized carbons (Fsp3) is 0.410. The summed E-state index contributed by atoms with van der Waals surface area (Å²) < 4.78 is 37.3. The molecule has 2 amide bonds. The van der Waals surface area contributed by atoms with Crippen LogP contribution in [0, 0.1) is 29.0 Å². The lowest BCUT2D eigenvalue weighted by Crippen LogP contribution is -2.55. The molecule has 0 spiro atoms. The normalized spacial score (nSPS) is 18.8. The Bertz CT molecular complexity index is 3500. The van der Waals surface area contributed by atoms with E-state index in [4.69, 9.17) is 30.6 Å². The number of hydrogen-bond acceptors (Lipinski definition) is 15. The largest absolute Gasteiger partial charge is 0.508 e. The summed E-state index contributed by atoms with van der Waals surface area (Å²) in [4.78, 5) is 57.8. The summed E-state index contributed by atoms with van der Waals surface area (Å²) in [6.07, 6.45) is 4.23. The standard InChI is InChI=1S/C61H66ClFN10O8/c1-6-54(77)72-24-23-71(33-42(72)15-19-64)59-47-31-48(62)56(46-29-43(74)28-41-9-7-8-10-45(41)46)57(63)58(47)66-61(67-59)79-26-25-70-21-17-38(18-22-70)35-80-53-32-52(81-68-53)55(36(2)3)60(78)73-34-44(75)30-50(73)51(76)27-37(4)39-11-13-40(14-12-39)49-16-20-65-69(49)5/h6-14,16,20,28-29,31-32,36-38,42,44,50,55,74-75H,1,15,17-18,21-27,30,33-35H2,2-5H3/t37-,42+,44-,50+,55+/m1/s1. The highest BCUT2D eigenvalue weighted by atomic mass is 35.5. The molecule has 3 aliphatic heterocycles. The number of aliphatic hydroxyl groups is 1. The first-order chi connectivity index (χ1) is 39.1. The van der Waals surface area contributed by atoms with E-state index in [1.807, 2.05) is 92.0 Å². The van der Waals surface area contributed by atoms with Crippen LogP contribution in [0.4, 0.5) is 10.2 Å². The Hall–Kier alpha value is -7.92. The molecule has 5 atom stereocenters. The van der Waals surface area contributed by atoms with E-state index in [0.29, 0.717) is 53.0 Å². The predicted octanol–water partition coefficient (Wildman–Crippen LogP) is 9.09. The van der Waals surface area contributed by atoms with Gasteiger partial charge < -0.3 is 38.9 Å². The van der Waals surface area contributed by atoms with Crippen LogP contribution in [0.1, 0.15) is 76.0 Å². The summed E-state index contributed by atoms with van der Waals surface area (Å²) in [6, 6.07) is 24.5. The first-order valence-electron chi connectivity index (χ1n) is 27.6. The number of piperidine rings is 1. The van der Waals surface area contributed by atoms with Crippen molar-refractivity contribution in [2.45, 2.75) is 82.9 Å². The average molecular weight is 1120 g/mol. The lowest BCUT2D eigenvalue weighted by molar-refractivity contribution is -0.140. The summed E-state index contributed by atoms with van der Waals surface area (Å²) in [6.45, 7) is 12.9. The molecule has 18 nitrogen and oxygen atoms in total. The van der Waals surface area contributed by atoms with Gasteiger partial charge in [0.1, 0.15) is 29.6 Å². The van der Waals surface area contributed by atoms with Gasteiger partial charge >= 0.3 is 6.01 Å². The third kappa shape index (κ3) is 12.1. The van der Waals surface area contributed by atoms with Gasteiger partial charge in [0.2, 0.25) is 11.8 Å². The van der Waals surface area contributed by atoms with Crippen LogP contribution in [0.2, 0.25) is 5.02 Å². The molecular formula is C61H66ClFN10O8. The molecule has 3 aromatic heterocycles. The number of aromatic nitrogens is 5.